The molecule has 0 aromatic rings. The van der Waals surface area contributed by atoms with Crippen molar-refractivity contribution >= 4 is 11.9 Å². The number of carbonyl (C=O) groups is 2. The molecule has 0 bridgehead atoms. The van der Waals surface area contributed by atoms with Crippen LogP contribution in [0.1, 0.15) is 20.8 Å². The van der Waals surface area contributed by atoms with Crippen molar-refractivity contribution in [3.8, 4) is 6.07 Å². The Morgan fingerprint density at radius 3 is 2.31 bits per heavy atom. The smallest absolute Gasteiger partial charge is 0.317 e. The maximum absolute atomic E-state index is 11.3. The fraction of sp³-hybridized carbons (Fsp3) is 0.700. The molecule has 0 radical (unpaired) electrons. The van der Waals surface area contributed by atoms with Crippen molar-refractivity contribution in [3.05, 3.63) is 0 Å². The van der Waals surface area contributed by atoms with Gasteiger partial charge in [-0.25, -0.2) is 0 Å². The van der Waals surface area contributed by atoms with Crippen LogP contribution < -0.4 is 5.32 Å². The summed E-state index contributed by atoms with van der Waals surface area (Å²) in [5.74, 6) is -1.33. The average Bonchev–Trinajstić information content (AvgIpc) is 2.11. The fourth-order valence-electron chi connectivity index (χ4n) is 1.06. The van der Waals surface area contributed by atoms with Gasteiger partial charge in [0.15, 0.2) is 0 Å². The number of nitrogens with zero attached hydrogens (tertiary/aromatic N) is 2. The summed E-state index contributed by atoms with van der Waals surface area (Å²) >= 11 is 0. The zero-order valence-corrected chi connectivity index (χ0v) is 9.78. The lowest BCUT2D eigenvalue weighted by atomic mass is 10.1. The van der Waals surface area contributed by atoms with Gasteiger partial charge in [-0.15, -0.1) is 0 Å². The van der Waals surface area contributed by atoms with Crippen molar-refractivity contribution in [1.82, 2.24) is 10.2 Å². The Bertz CT molecular complexity index is 301. The third kappa shape index (κ3) is 5.98. The van der Waals surface area contributed by atoms with Crippen LogP contribution in [0.3, 0.4) is 0 Å². The Balaban J connectivity index is 4.39. The van der Waals surface area contributed by atoms with Gasteiger partial charge in [-0.2, -0.15) is 5.26 Å². The molecular weight excluding hydrogens is 210 g/mol. The van der Waals surface area contributed by atoms with Gasteiger partial charge in [-0.05, 0) is 20.8 Å². The van der Waals surface area contributed by atoms with Gasteiger partial charge in [-0.1, -0.05) is 0 Å². The number of hydrogen-bond donors (Lipinski definition) is 2. The minimum absolute atomic E-state index is 0.0303. The van der Waals surface area contributed by atoms with Crippen LogP contribution in [-0.4, -0.2) is 47.1 Å². The molecule has 1 amide bonds. The van der Waals surface area contributed by atoms with Gasteiger partial charge in [0.05, 0.1) is 19.2 Å². The van der Waals surface area contributed by atoms with Gasteiger partial charge < -0.3 is 10.4 Å². The molecule has 0 aliphatic carbocycles. The molecule has 0 heterocycles. The van der Waals surface area contributed by atoms with Crippen LogP contribution in [0, 0.1) is 11.3 Å². The van der Waals surface area contributed by atoms with E-state index in [2.05, 4.69) is 5.32 Å². The number of rotatable bonds is 5. The molecule has 0 saturated carbocycles. The first-order valence-electron chi connectivity index (χ1n) is 4.88. The maximum atomic E-state index is 11.3. The summed E-state index contributed by atoms with van der Waals surface area (Å²) in [4.78, 5) is 23.5. The molecule has 2 N–H and O–H groups in total. The fourth-order valence-corrected chi connectivity index (χ4v) is 1.06. The standard InChI is InChI=1S/C10H17N3O3/c1-10(2,3)13(7-9(15)16)6-8(14)12-5-4-11/h5-7H2,1-3H3,(H,12,14)(H,15,16). The first-order valence-corrected chi connectivity index (χ1v) is 4.88. The summed E-state index contributed by atoms with van der Waals surface area (Å²) in [7, 11) is 0. The van der Waals surface area contributed by atoms with E-state index in [9.17, 15) is 9.59 Å². The Labute approximate surface area is 94.8 Å². The van der Waals surface area contributed by atoms with E-state index in [1.165, 1.54) is 4.90 Å². The van der Waals surface area contributed by atoms with Crippen molar-refractivity contribution in [2.45, 2.75) is 26.3 Å². The second kappa shape index (κ2) is 6.08. The second-order valence-corrected chi connectivity index (χ2v) is 4.36. The topological polar surface area (TPSA) is 93.4 Å². The predicted octanol–water partition coefficient (Wildman–Crippen LogP) is -0.189. The van der Waals surface area contributed by atoms with E-state index in [1.807, 2.05) is 20.8 Å². The highest BCUT2D eigenvalue weighted by Gasteiger charge is 2.25. The van der Waals surface area contributed by atoms with E-state index in [-0.39, 0.29) is 25.5 Å². The SMILES string of the molecule is CC(C)(C)N(CC(=O)O)CC(=O)NCC#N. The molecule has 0 saturated heterocycles. The summed E-state index contributed by atoms with van der Waals surface area (Å²) in [5, 5.41) is 19.4. The van der Waals surface area contributed by atoms with Crippen LogP contribution in [0.25, 0.3) is 0 Å². The third-order valence-electron chi connectivity index (χ3n) is 1.97. The Kier molecular flexibility index (Phi) is 5.47. The van der Waals surface area contributed by atoms with Crippen molar-refractivity contribution in [2.75, 3.05) is 19.6 Å². The van der Waals surface area contributed by atoms with E-state index in [0.29, 0.717) is 0 Å². The van der Waals surface area contributed by atoms with Crippen LogP contribution in [-0.2, 0) is 9.59 Å². The number of carboxylic acid groups (broad SMARTS) is 1. The lowest BCUT2D eigenvalue weighted by molar-refractivity contribution is -0.140. The number of aliphatic carboxylic acids is 1. The lowest BCUT2D eigenvalue weighted by Gasteiger charge is -2.33. The summed E-state index contributed by atoms with van der Waals surface area (Å²) in [5.41, 5.74) is -0.414. The molecule has 6 heteroatoms. The monoisotopic (exact) mass is 227 g/mol. The Morgan fingerprint density at radius 1 is 1.38 bits per heavy atom. The molecular formula is C10H17N3O3. The lowest BCUT2D eigenvalue weighted by Crippen LogP contribution is -2.49. The highest BCUT2D eigenvalue weighted by molar-refractivity contribution is 5.79. The third-order valence-corrected chi connectivity index (χ3v) is 1.97. The highest BCUT2D eigenvalue weighted by Crippen LogP contribution is 2.11. The first kappa shape index (κ1) is 14.4. The van der Waals surface area contributed by atoms with Gasteiger partial charge >= 0.3 is 5.97 Å². The molecule has 0 rings (SSSR count). The molecule has 0 aliphatic rings. The van der Waals surface area contributed by atoms with Crippen molar-refractivity contribution in [3.63, 3.8) is 0 Å². The molecule has 0 unspecified atom stereocenters. The van der Waals surface area contributed by atoms with Gasteiger partial charge in [0.25, 0.3) is 0 Å². The normalized spacial score (nSPS) is 10.9. The van der Waals surface area contributed by atoms with Crippen LogP contribution in [0.2, 0.25) is 0 Å². The molecule has 0 atom stereocenters. The van der Waals surface area contributed by atoms with E-state index in [0.717, 1.165) is 0 Å². The van der Waals surface area contributed by atoms with Crippen LogP contribution in [0.15, 0.2) is 0 Å². The number of nitrogens with one attached hydrogen (secondary N) is 1. The van der Waals surface area contributed by atoms with Crippen molar-refractivity contribution in [2.24, 2.45) is 0 Å². The number of hydrogen-bond acceptors (Lipinski definition) is 4. The number of nitriles is 1. The zero-order chi connectivity index (χ0) is 12.8. The summed E-state index contributed by atoms with van der Waals surface area (Å²) in [6.07, 6.45) is 0. The number of amides is 1. The number of carboxylic acids is 1. The minimum Gasteiger partial charge on any atom is -0.480 e. The highest BCUT2D eigenvalue weighted by atomic mass is 16.4. The van der Waals surface area contributed by atoms with Gasteiger partial charge in [0.2, 0.25) is 5.91 Å². The zero-order valence-electron chi connectivity index (χ0n) is 9.78. The maximum Gasteiger partial charge on any atom is 0.317 e. The largest absolute Gasteiger partial charge is 0.480 e. The van der Waals surface area contributed by atoms with E-state index >= 15 is 0 Å². The molecule has 0 fully saturated rings. The summed E-state index contributed by atoms with van der Waals surface area (Å²) < 4.78 is 0. The quantitative estimate of drug-likeness (QED) is 0.635. The van der Waals surface area contributed by atoms with Gasteiger partial charge in [0.1, 0.15) is 6.54 Å². The first-order chi connectivity index (χ1) is 7.27. The molecule has 16 heavy (non-hydrogen) atoms. The molecule has 0 aliphatic heterocycles. The Hall–Kier alpha value is -1.61. The van der Waals surface area contributed by atoms with Gasteiger partial charge in [-0.3, -0.25) is 14.5 Å². The van der Waals surface area contributed by atoms with Gasteiger partial charge in [0, 0.05) is 5.54 Å². The minimum atomic E-state index is -0.983. The second-order valence-electron chi connectivity index (χ2n) is 4.36. The molecule has 0 aromatic heterocycles. The van der Waals surface area contributed by atoms with Crippen LogP contribution in [0.5, 0.6) is 0 Å². The van der Waals surface area contributed by atoms with E-state index in [1.54, 1.807) is 6.07 Å². The molecule has 0 spiro atoms. The summed E-state index contributed by atoms with van der Waals surface area (Å²) in [6.45, 7) is 5.18. The average molecular weight is 227 g/mol. The van der Waals surface area contributed by atoms with Crippen molar-refractivity contribution < 1.29 is 14.7 Å². The van der Waals surface area contributed by atoms with E-state index < -0.39 is 11.5 Å². The molecule has 6 nitrogen and oxygen atoms in total. The van der Waals surface area contributed by atoms with Crippen LogP contribution in [0.4, 0.5) is 0 Å². The van der Waals surface area contributed by atoms with E-state index in [4.69, 9.17) is 10.4 Å². The number of carbonyl (C=O) groups excluding carboxylic acids is 1. The summed E-state index contributed by atoms with van der Waals surface area (Å²) in [6, 6.07) is 1.78. The molecule has 0 aromatic carbocycles. The Morgan fingerprint density at radius 2 is 1.94 bits per heavy atom. The van der Waals surface area contributed by atoms with Crippen molar-refractivity contribution in [1.29, 1.82) is 5.26 Å². The molecule has 90 valence electrons. The van der Waals surface area contributed by atoms with Crippen LogP contribution >= 0.6 is 0 Å². The predicted molar refractivity (Wildman–Crippen MR) is 57.6 cm³/mol.